The quantitative estimate of drug-likeness (QED) is 0.286. The van der Waals surface area contributed by atoms with Crippen molar-refractivity contribution in [1.82, 2.24) is 16.0 Å². The van der Waals surface area contributed by atoms with Crippen molar-refractivity contribution < 1.29 is 4.79 Å². The summed E-state index contributed by atoms with van der Waals surface area (Å²) in [6.45, 7) is 1.36. The molecule has 0 bridgehead atoms. The van der Waals surface area contributed by atoms with Gasteiger partial charge in [0.2, 0.25) is 5.91 Å². The minimum atomic E-state index is 0.194. The summed E-state index contributed by atoms with van der Waals surface area (Å²) in [7, 11) is 1.76. The van der Waals surface area contributed by atoms with Crippen LogP contribution in [0.3, 0.4) is 0 Å². The molecule has 1 amide bonds. The van der Waals surface area contributed by atoms with E-state index < -0.39 is 0 Å². The van der Waals surface area contributed by atoms with E-state index in [2.05, 4.69) is 33.1 Å². The Kier molecular flexibility index (Phi) is 4.61. The molecule has 1 fully saturated rings. The van der Waals surface area contributed by atoms with Gasteiger partial charge in [-0.3, -0.25) is 9.79 Å². The Labute approximate surface area is 108 Å². The largest absolute Gasteiger partial charge is 0.355 e. The number of carbonyl (C=O) groups is 1. The molecule has 1 saturated carbocycles. The fourth-order valence-corrected chi connectivity index (χ4v) is 1.98. The Hall–Kier alpha value is -1.52. The Bertz CT molecular complexity index is 339. The van der Waals surface area contributed by atoms with Crippen LogP contribution >= 0.6 is 0 Å². The monoisotopic (exact) mass is 250 g/mol. The third-order valence-electron chi connectivity index (χ3n) is 3.24. The van der Waals surface area contributed by atoms with E-state index in [1.165, 1.54) is 0 Å². The van der Waals surface area contributed by atoms with E-state index in [0.717, 1.165) is 31.6 Å². The number of aliphatic imine (C=N–C) groups is 1. The summed E-state index contributed by atoms with van der Waals surface area (Å²) in [4.78, 5) is 15.6. The molecule has 0 aromatic rings. The molecule has 0 heterocycles. The molecular formula is C13H22N4O. The second kappa shape index (κ2) is 6.42. The molecule has 2 aliphatic rings. The number of carbonyl (C=O) groups excluding carboxylic acids is 1. The summed E-state index contributed by atoms with van der Waals surface area (Å²) in [5.41, 5.74) is 0. The maximum atomic E-state index is 11.4. The molecule has 100 valence electrons. The SMILES string of the molecule is CN=C(NCCNC(=O)C1CC1)NC1CC=CC1. The summed E-state index contributed by atoms with van der Waals surface area (Å²) in [5, 5.41) is 9.48. The van der Waals surface area contributed by atoms with Crippen LogP contribution in [0.25, 0.3) is 0 Å². The third kappa shape index (κ3) is 4.05. The first-order valence-electron chi connectivity index (χ1n) is 6.69. The van der Waals surface area contributed by atoms with Gasteiger partial charge in [-0.25, -0.2) is 0 Å². The van der Waals surface area contributed by atoms with Crippen molar-refractivity contribution in [2.24, 2.45) is 10.9 Å². The van der Waals surface area contributed by atoms with Crippen LogP contribution in [0, 0.1) is 5.92 Å². The van der Waals surface area contributed by atoms with Crippen LogP contribution in [0.15, 0.2) is 17.1 Å². The van der Waals surface area contributed by atoms with E-state index in [0.29, 0.717) is 19.1 Å². The van der Waals surface area contributed by atoms with E-state index >= 15 is 0 Å². The molecule has 5 heteroatoms. The number of hydrogen-bond donors (Lipinski definition) is 3. The van der Waals surface area contributed by atoms with Crippen LogP contribution in [0.2, 0.25) is 0 Å². The van der Waals surface area contributed by atoms with Crippen LogP contribution < -0.4 is 16.0 Å². The van der Waals surface area contributed by atoms with Gasteiger partial charge in [-0.2, -0.15) is 0 Å². The van der Waals surface area contributed by atoms with Crippen molar-refractivity contribution >= 4 is 11.9 Å². The average Bonchev–Trinajstić information content (AvgIpc) is 3.11. The Morgan fingerprint density at radius 3 is 2.50 bits per heavy atom. The Morgan fingerprint density at radius 2 is 1.89 bits per heavy atom. The minimum Gasteiger partial charge on any atom is -0.355 e. The maximum Gasteiger partial charge on any atom is 0.223 e. The van der Waals surface area contributed by atoms with E-state index in [-0.39, 0.29) is 11.8 Å². The molecule has 0 saturated heterocycles. The van der Waals surface area contributed by atoms with Gasteiger partial charge in [0.25, 0.3) is 0 Å². The van der Waals surface area contributed by atoms with Crippen LogP contribution in [-0.2, 0) is 4.79 Å². The van der Waals surface area contributed by atoms with Crippen molar-refractivity contribution in [3.8, 4) is 0 Å². The van der Waals surface area contributed by atoms with E-state index in [1.807, 2.05) is 0 Å². The molecule has 0 aromatic carbocycles. The number of guanidine groups is 1. The standard InChI is InChI=1S/C13H22N4O/c1-14-13(17-11-4-2-3-5-11)16-9-8-15-12(18)10-6-7-10/h2-3,10-11H,4-9H2,1H3,(H,15,18)(H2,14,16,17). The van der Waals surface area contributed by atoms with Crippen LogP contribution in [0.5, 0.6) is 0 Å². The maximum absolute atomic E-state index is 11.4. The van der Waals surface area contributed by atoms with Gasteiger partial charge >= 0.3 is 0 Å². The lowest BCUT2D eigenvalue weighted by Gasteiger charge is -2.17. The molecule has 0 radical (unpaired) electrons. The first kappa shape index (κ1) is 12.9. The van der Waals surface area contributed by atoms with Gasteiger partial charge in [0.15, 0.2) is 5.96 Å². The number of hydrogen-bond acceptors (Lipinski definition) is 2. The molecule has 2 aliphatic carbocycles. The first-order chi connectivity index (χ1) is 8.79. The molecule has 18 heavy (non-hydrogen) atoms. The summed E-state index contributed by atoms with van der Waals surface area (Å²) in [6, 6.07) is 0.456. The van der Waals surface area contributed by atoms with Gasteiger partial charge in [0.05, 0.1) is 0 Å². The molecule has 2 rings (SSSR count). The van der Waals surface area contributed by atoms with Crippen molar-refractivity contribution in [3.05, 3.63) is 12.2 Å². The molecule has 3 N–H and O–H groups in total. The van der Waals surface area contributed by atoms with Crippen LogP contribution in [0.1, 0.15) is 25.7 Å². The highest BCUT2D eigenvalue weighted by Gasteiger charge is 2.28. The number of amides is 1. The predicted octanol–water partition coefficient (Wildman–Crippen LogP) is 0.396. The molecule has 0 atom stereocenters. The lowest BCUT2D eigenvalue weighted by molar-refractivity contribution is -0.122. The lowest BCUT2D eigenvalue weighted by Crippen LogP contribution is -2.45. The first-order valence-corrected chi connectivity index (χ1v) is 6.69. The van der Waals surface area contributed by atoms with Crippen molar-refractivity contribution in [2.75, 3.05) is 20.1 Å². The molecule has 0 spiro atoms. The highest BCUT2D eigenvalue weighted by Crippen LogP contribution is 2.28. The molecule has 0 aromatic heterocycles. The van der Waals surface area contributed by atoms with Crippen LogP contribution in [0.4, 0.5) is 0 Å². The molecule has 0 aliphatic heterocycles. The third-order valence-corrected chi connectivity index (χ3v) is 3.24. The normalized spacial score (nSPS) is 19.9. The van der Waals surface area contributed by atoms with Crippen molar-refractivity contribution in [2.45, 2.75) is 31.7 Å². The average molecular weight is 250 g/mol. The Balaban J connectivity index is 1.57. The number of nitrogens with one attached hydrogen (secondary N) is 3. The zero-order chi connectivity index (χ0) is 12.8. The number of rotatable bonds is 5. The lowest BCUT2D eigenvalue weighted by atomic mass is 10.2. The van der Waals surface area contributed by atoms with Gasteiger partial charge < -0.3 is 16.0 Å². The molecule has 0 unspecified atom stereocenters. The van der Waals surface area contributed by atoms with E-state index in [4.69, 9.17) is 0 Å². The summed E-state index contributed by atoms with van der Waals surface area (Å²) in [6.07, 6.45) is 8.58. The van der Waals surface area contributed by atoms with Crippen molar-refractivity contribution in [3.63, 3.8) is 0 Å². The summed E-state index contributed by atoms with van der Waals surface area (Å²) in [5.74, 6) is 1.29. The smallest absolute Gasteiger partial charge is 0.223 e. The molecular weight excluding hydrogens is 228 g/mol. The van der Waals surface area contributed by atoms with Gasteiger partial charge in [-0.05, 0) is 25.7 Å². The zero-order valence-electron chi connectivity index (χ0n) is 10.9. The topological polar surface area (TPSA) is 65.5 Å². The van der Waals surface area contributed by atoms with Gasteiger partial charge in [0.1, 0.15) is 0 Å². The summed E-state index contributed by atoms with van der Waals surface area (Å²) >= 11 is 0. The fraction of sp³-hybridized carbons (Fsp3) is 0.692. The summed E-state index contributed by atoms with van der Waals surface area (Å²) < 4.78 is 0. The highest BCUT2D eigenvalue weighted by atomic mass is 16.2. The fourth-order valence-electron chi connectivity index (χ4n) is 1.98. The predicted molar refractivity (Wildman–Crippen MR) is 72.4 cm³/mol. The second-order valence-corrected chi connectivity index (χ2v) is 4.85. The van der Waals surface area contributed by atoms with E-state index in [1.54, 1.807) is 7.05 Å². The molecule has 5 nitrogen and oxygen atoms in total. The van der Waals surface area contributed by atoms with Gasteiger partial charge in [-0.15, -0.1) is 0 Å². The second-order valence-electron chi connectivity index (χ2n) is 4.85. The van der Waals surface area contributed by atoms with Gasteiger partial charge in [-0.1, -0.05) is 12.2 Å². The van der Waals surface area contributed by atoms with Crippen LogP contribution in [-0.4, -0.2) is 38.0 Å². The minimum absolute atomic E-state index is 0.194. The van der Waals surface area contributed by atoms with E-state index in [9.17, 15) is 4.79 Å². The number of nitrogens with zero attached hydrogens (tertiary/aromatic N) is 1. The zero-order valence-corrected chi connectivity index (χ0v) is 10.9. The highest BCUT2D eigenvalue weighted by molar-refractivity contribution is 5.81. The Morgan fingerprint density at radius 1 is 1.22 bits per heavy atom. The van der Waals surface area contributed by atoms with Crippen molar-refractivity contribution in [1.29, 1.82) is 0 Å². The van der Waals surface area contributed by atoms with Gasteiger partial charge in [0, 0.05) is 32.1 Å².